The molecule has 1 heterocycles. The quantitative estimate of drug-likeness (QED) is 0.920. The number of hydrogen-bond acceptors (Lipinski definition) is 3. The van der Waals surface area contributed by atoms with Gasteiger partial charge in [0.2, 0.25) is 5.91 Å². The predicted molar refractivity (Wildman–Crippen MR) is 75.3 cm³/mol. The van der Waals surface area contributed by atoms with Crippen LogP contribution in [0.2, 0.25) is 5.02 Å². The molecule has 0 bridgehead atoms. The fourth-order valence-electron chi connectivity index (χ4n) is 2.15. The Kier molecular flexibility index (Phi) is 4.66. The van der Waals surface area contributed by atoms with Crippen molar-refractivity contribution in [3.8, 4) is 5.75 Å². The van der Waals surface area contributed by atoms with Gasteiger partial charge in [-0.05, 0) is 18.6 Å². The Balaban J connectivity index is 1.92. The summed E-state index contributed by atoms with van der Waals surface area (Å²) in [6.45, 7) is 3.19. The second-order valence-corrected chi connectivity index (χ2v) is 5.17. The number of rotatable bonds is 4. The summed E-state index contributed by atoms with van der Waals surface area (Å²) in [5.74, 6) is 0.677. The first-order valence-electron chi connectivity index (χ1n) is 6.57. The minimum absolute atomic E-state index is 0.00657. The summed E-state index contributed by atoms with van der Waals surface area (Å²) in [5.41, 5.74) is 5.77. The van der Waals surface area contributed by atoms with Crippen LogP contribution >= 0.6 is 11.6 Å². The smallest absolute Gasteiger partial charge is 0.239 e. The number of para-hydroxylation sites is 1. The van der Waals surface area contributed by atoms with Crippen molar-refractivity contribution in [1.29, 1.82) is 0 Å². The van der Waals surface area contributed by atoms with Crippen LogP contribution in [0.3, 0.4) is 0 Å². The van der Waals surface area contributed by atoms with Crippen LogP contribution in [0.15, 0.2) is 24.3 Å². The summed E-state index contributed by atoms with van der Waals surface area (Å²) in [4.78, 5) is 13.7. The SMILES string of the molecule is CCC(N)C(=O)N1CCC(Oc2ccccc2Cl)C1. The fraction of sp³-hybridized carbons (Fsp3) is 0.500. The van der Waals surface area contributed by atoms with E-state index in [1.807, 2.05) is 25.1 Å². The average molecular weight is 283 g/mol. The molecule has 0 aromatic heterocycles. The molecule has 2 N–H and O–H groups in total. The second-order valence-electron chi connectivity index (χ2n) is 4.76. The summed E-state index contributed by atoms with van der Waals surface area (Å²) in [5, 5.41) is 0.595. The van der Waals surface area contributed by atoms with E-state index in [4.69, 9.17) is 22.1 Å². The van der Waals surface area contributed by atoms with Crippen LogP contribution < -0.4 is 10.5 Å². The molecule has 19 heavy (non-hydrogen) atoms. The van der Waals surface area contributed by atoms with Crippen molar-refractivity contribution in [2.75, 3.05) is 13.1 Å². The van der Waals surface area contributed by atoms with E-state index in [1.165, 1.54) is 0 Å². The van der Waals surface area contributed by atoms with Crippen LogP contribution in [0.4, 0.5) is 0 Å². The second kappa shape index (κ2) is 6.26. The van der Waals surface area contributed by atoms with Crippen molar-refractivity contribution >= 4 is 17.5 Å². The average Bonchev–Trinajstić information content (AvgIpc) is 2.88. The van der Waals surface area contributed by atoms with Gasteiger partial charge in [-0.2, -0.15) is 0 Å². The van der Waals surface area contributed by atoms with E-state index in [9.17, 15) is 4.79 Å². The standard InChI is InChI=1S/C14H19ClN2O2/c1-2-12(16)14(18)17-8-7-10(9-17)19-13-6-4-3-5-11(13)15/h3-6,10,12H,2,7-9,16H2,1H3. The molecule has 0 saturated carbocycles. The predicted octanol–water partition coefficient (Wildman–Crippen LogP) is 2.06. The first-order valence-corrected chi connectivity index (χ1v) is 6.95. The molecule has 1 aromatic carbocycles. The molecule has 104 valence electrons. The Morgan fingerprint density at radius 3 is 3.00 bits per heavy atom. The highest BCUT2D eigenvalue weighted by atomic mass is 35.5. The van der Waals surface area contributed by atoms with E-state index in [1.54, 1.807) is 11.0 Å². The van der Waals surface area contributed by atoms with E-state index in [0.29, 0.717) is 30.3 Å². The van der Waals surface area contributed by atoms with Crippen molar-refractivity contribution in [2.45, 2.75) is 31.9 Å². The Labute approximate surface area is 118 Å². The molecule has 2 atom stereocenters. The molecule has 1 amide bonds. The Bertz CT molecular complexity index is 453. The third-order valence-electron chi connectivity index (χ3n) is 3.34. The summed E-state index contributed by atoms with van der Waals surface area (Å²) < 4.78 is 5.83. The van der Waals surface area contributed by atoms with Crippen LogP contribution in [-0.2, 0) is 4.79 Å². The third kappa shape index (κ3) is 3.39. The Morgan fingerprint density at radius 2 is 2.32 bits per heavy atom. The van der Waals surface area contributed by atoms with Crippen LogP contribution in [0.1, 0.15) is 19.8 Å². The van der Waals surface area contributed by atoms with Crippen molar-refractivity contribution in [1.82, 2.24) is 4.90 Å². The van der Waals surface area contributed by atoms with Crippen molar-refractivity contribution in [2.24, 2.45) is 5.73 Å². The molecule has 0 aliphatic carbocycles. The zero-order valence-electron chi connectivity index (χ0n) is 11.0. The molecular weight excluding hydrogens is 264 g/mol. The lowest BCUT2D eigenvalue weighted by Crippen LogP contribution is -2.42. The van der Waals surface area contributed by atoms with Gasteiger partial charge in [0.25, 0.3) is 0 Å². The zero-order valence-corrected chi connectivity index (χ0v) is 11.8. The van der Waals surface area contributed by atoms with E-state index >= 15 is 0 Å². The van der Waals surface area contributed by atoms with E-state index in [2.05, 4.69) is 0 Å². The highest BCUT2D eigenvalue weighted by Gasteiger charge is 2.30. The van der Waals surface area contributed by atoms with Crippen molar-refractivity contribution < 1.29 is 9.53 Å². The molecule has 0 radical (unpaired) electrons. The molecule has 1 saturated heterocycles. The number of halogens is 1. The molecule has 1 aliphatic rings. The highest BCUT2D eigenvalue weighted by Crippen LogP contribution is 2.26. The maximum absolute atomic E-state index is 12.0. The van der Waals surface area contributed by atoms with Crippen molar-refractivity contribution in [3.05, 3.63) is 29.3 Å². The van der Waals surface area contributed by atoms with Gasteiger partial charge >= 0.3 is 0 Å². The van der Waals surface area contributed by atoms with Gasteiger partial charge in [-0.25, -0.2) is 0 Å². The molecule has 2 rings (SSSR count). The fourth-order valence-corrected chi connectivity index (χ4v) is 2.33. The number of nitrogens with two attached hydrogens (primary N) is 1. The summed E-state index contributed by atoms with van der Waals surface area (Å²) in [6, 6.07) is 6.97. The zero-order chi connectivity index (χ0) is 13.8. The number of nitrogens with zero attached hydrogens (tertiary/aromatic N) is 1. The number of carbonyl (C=O) groups is 1. The van der Waals surface area contributed by atoms with Gasteiger partial charge in [-0.1, -0.05) is 30.7 Å². The van der Waals surface area contributed by atoms with Gasteiger partial charge in [-0.15, -0.1) is 0 Å². The monoisotopic (exact) mass is 282 g/mol. The summed E-state index contributed by atoms with van der Waals surface area (Å²) >= 11 is 6.05. The minimum atomic E-state index is -0.404. The van der Waals surface area contributed by atoms with E-state index in [0.717, 1.165) is 6.42 Å². The maximum Gasteiger partial charge on any atom is 0.239 e. The largest absolute Gasteiger partial charge is 0.487 e. The number of amides is 1. The molecule has 2 unspecified atom stereocenters. The lowest BCUT2D eigenvalue weighted by Gasteiger charge is -2.20. The van der Waals surface area contributed by atoms with Gasteiger partial charge in [0.15, 0.2) is 0 Å². The topological polar surface area (TPSA) is 55.6 Å². The number of ether oxygens (including phenoxy) is 1. The lowest BCUT2D eigenvalue weighted by atomic mass is 10.2. The molecule has 1 aliphatic heterocycles. The molecule has 4 nitrogen and oxygen atoms in total. The normalized spacial score (nSPS) is 20.4. The number of carbonyl (C=O) groups excluding carboxylic acids is 1. The van der Waals surface area contributed by atoms with Gasteiger partial charge < -0.3 is 15.4 Å². The maximum atomic E-state index is 12.0. The van der Waals surface area contributed by atoms with Crippen LogP contribution in [0.5, 0.6) is 5.75 Å². The summed E-state index contributed by atoms with van der Waals surface area (Å²) in [7, 11) is 0. The van der Waals surface area contributed by atoms with Gasteiger partial charge in [-0.3, -0.25) is 4.79 Å². The molecule has 0 spiro atoms. The molecule has 5 heteroatoms. The molecule has 1 aromatic rings. The van der Waals surface area contributed by atoms with Gasteiger partial charge in [0.05, 0.1) is 17.6 Å². The van der Waals surface area contributed by atoms with Crippen LogP contribution in [-0.4, -0.2) is 36.0 Å². The number of benzene rings is 1. The number of likely N-dealkylation sites (tertiary alicyclic amines) is 1. The van der Waals surface area contributed by atoms with Gasteiger partial charge in [0.1, 0.15) is 11.9 Å². The molecular formula is C14H19ClN2O2. The van der Waals surface area contributed by atoms with Crippen LogP contribution in [0, 0.1) is 0 Å². The first-order chi connectivity index (χ1) is 9.11. The Morgan fingerprint density at radius 1 is 1.58 bits per heavy atom. The highest BCUT2D eigenvalue weighted by molar-refractivity contribution is 6.32. The first kappa shape index (κ1) is 14.2. The molecule has 1 fully saturated rings. The lowest BCUT2D eigenvalue weighted by molar-refractivity contribution is -0.131. The van der Waals surface area contributed by atoms with Crippen molar-refractivity contribution in [3.63, 3.8) is 0 Å². The summed E-state index contributed by atoms with van der Waals surface area (Å²) in [6.07, 6.45) is 1.46. The Hall–Kier alpha value is -1.26. The minimum Gasteiger partial charge on any atom is -0.487 e. The van der Waals surface area contributed by atoms with E-state index in [-0.39, 0.29) is 12.0 Å². The third-order valence-corrected chi connectivity index (χ3v) is 3.66. The van der Waals surface area contributed by atoms with E-state index < -0.39 is 6.04 Å². The van der Waals surface area contributed by atoms with Crippen LogP contribution in [0.25, 0.3) is 0 Å². The van der Waals surface area contributed by atoms with Gasteiger partial charge in [0, 0.05) is 13.0 Å². The number of hydrogen-bond donors (Lipinski definition) is 1.